The number of allylic oxidation sites excluding steroid dienone is 2. The molecule has 0 aromatic heterocycles. The average molecular weight is 274 g/mol. The number of benzene rings is 2. The Bertz CT molecular complexity index is 714. The van der Waals surface area contributed by atoms with E-state index in [2.05, 4.69) is 30.4 Å². The number of ketones is 1. The predicted octanol–water partition coefficient (Wildman–Crippen LogP) is 4.89. The van der Waals surface area contributed by atoms with Gasteiger partial charge in [0.15, 0.2) is 5.78 Å². The molecule has 2 unspecified atom stereocenters. The van der Waals surface area contributed by atoms with E-state index in [4.69, 9.17) is 0 Å². The second-order valence-corrected chi connectivity index (χ2v) is 6.26. The molecule has 0 amide bonds. The molecule has 2 aromatic carbocycles. The topological polar surface area (TPSA) is 17.1 Å². The number of rotatable bonds is 3. The molecule has 1 nitrogen and oxygen atoms in total. The molecule has 104 valence electrons. The normalized spacial score (nSPS) is 26.2. The smallest absolute Gasteiger partial charge is 0.173 e. The molecule has 21 heavy (non-hydrogen) atoms. The third-order valence-corrected chi connectivity index (χ3v) is 4.98. The largest absolute Gasteiger partial charge is 0.293 e. The van der Waals surface area contributed by atoms with Crippen LogP contribution in [0.4, 0.5) is 0 Å². The Morgan fingerprint density at radius 3 is 2.43 bits per heavy atom. The van der Waals surface area contributed by atoms with Crippen molar-refractivity contribution in [3.63, 3.8) is 0 Å². The van der Waals surface area contributed by atoms with Crippen LogP contribution in [0, 0.1) is 11.3 Å². The quantitative estimate of drug-likeness (QED) is 0.575. The average Bonchev–Trinajstić information content (AvgIpc) is 3.17. The summed E-state index contributed by atoms with van der Waals surface area (Å²) >= 11 is 0. The zero-order valence-corrected chi connectivity index (χ0v) is 12.0. The summed E-state index contributed by atoms with van der Waals surface area (Å²) in [7, 11) is 0. The van der Waals surface area contributed by atoms with Gasteiger partial charge in [0.2, 0.25) is 0 Å². The summed E-state index contributed by atoms with van der Waals surface area (Å²) in [6, 6.07) is 18.2. The van der Waals surface area contributed by atoms with Crippen LogP contribution in [0.15, 0.2) is 66.7 Å². The lowest BCUT2D eigenvalue weighted by atomic mass is 9.78. The maximum Gasteiger partial charge on any atom is 0.173 e. The minimum Gasteiger partial charge on any atom is -0.293 e. The molecule has 2 atom stereocenters. The van der Waals surface area contributed by atoms with Crippen LogP contribution < -0.4 is 0 Å². The molecule has 0 heterocycles. The Hall–Kier alpha value is -2.15. The fourth-order valence-electron chi connectivity index (χ4n) is 3.85. The van der Waals surface area contributed by atoms with Crippen LogP contribution in [0.5, 0.6) is 0 Å². The molecular formula is C20H18O. The van der Waals surface area contributed by atoms with Gasteiger partial charge in [-0.15, -0.1) is 0 Å². The summed E-state index contributed by atoms with van der Waals surface area (Å²) in [5.41, 5.74) is 2.82. The highest BCUT2D eigenvalue weighted by atomic mass is 16.1. The van der Waals surface area contributed by atoms with E-state index in [-0.39, 0.29) is 5.41 Å². The van der Waals surface area contributed by atoms with Crippen LogP contribution in [-0.4, -0.2) is 5.78 Å². The zero-order chi connectivity index (χ0) is 14.3. The molecule has 1 fully saturated rings. The molecule has 0 aliphatic heterocycles. The van der Waals surface area contributed by atoms with E-state index >= 15 is 0 Å². The molecule has 2 bridgehead atoms. The summed E-state index contributed by atoms with van der Waals surface area (Å²) in [6.45, 7) is 0. The van der Waals surface area contributed by atoms with Crippen LogP contribution in [0.25, 0.3) is 11.1 Å². The molecule has 2 aliphatic carbocycles. The number of hydrogen-bond acceptors (Lipinski definition) is 1. The molecule has 0 radical (unpaired) electrons. The highest BCUT2D eigenvalue weighted by Crippen LogP contribution is 2.51. The van der Waals surface area contributed by atoms with Gasteiger partial charge in [0.25, 0.3) is 0 Å². The molecule has 1 heteroatoms. The third-order valence-electron chi connectivity index (χ3n) is 4.98. The highest BCUT2D eigenvalue weighted by molar-refractivity contribution is 6.07. The Balaban J connectivity index is 1.80. The SMILES string of the molecule is O=C(c1ccccc1-c1ccccc1)C12C=CC(CC1)C2. The molecular weight excluding hydrogens is 256 g/mol. The summed E-state index contributed by atoms with van der Waals surface area (Å²) in [6.07, 6.45) is 7.60. The van der Waals surface area contributed by atoms with Crippen molar-refractivity contribution in [1.29, 1.82) is 0 Å². The van der Waals surface area contributed by atoms with Crippen LogP contribution >= 0.6 is 0 Å². The number of carbonyl (C=O) groups is 1. The lowest BCUT2D eigenvalue weighted by Crippen LogP contribution is -2.25. The van der Waals surface area contributed by atoms with Gasteiger partial charge < -0.3 is 0 Å². The van der Waals surface area contributed by atoms with Crippen molar-refractivity contribution in [2.45, 2.75) is 19.3 Å². The standard InChI is InChI=1S/C20H18O/c21-19(20-12-10-15(14-20)11-13-20)18-9-5-4-8-17(18)16-6-2-1-3-7-16/h1-10,12,15H,11,13-14H2. The summed E-state index contributed by atoms with van der Waals surface area (Å²) in [4.78, 5) is 13.2. The second kappa shape index (κ2) is 4.70. The van der Waals surface area contributed by atoms with Gasteiger partial charge in [0.05, 0.1) is 5.41 Å². The van der Waals surface area contributed by atoms with E-state index < -0.39 is 0 Å². The van der Waals surface area contributed by atoms with Gasteiger partial charge in [-0.25, -0.2) is 0 Å². The Morgan fingerprint density at radius 1 is 1.00 bits per heavy atom. The monoisotopic (exact) mass is 274 g/mol. The first-order chi connectivity index (χ1) is 10.3. The number of hydrogen-bond donors (Lipinski definition) is 0. The lowest BCUT2D eigenvalue weighted by Gasteiger charge is -2.23. The third kappa shape index (κ3) is 1.96. The number of fused-ring (bicyclic) bond motifs is 2. The van der Waals surface area contributed by atoms with E-state index in [1.807, 2.05) is 36.4 Å². The van der Waals surface area contributed by atoms with Crippen molar-refractivity contribution in [2.75, 3.05) is 0 Å². The van der Waals surface area contributed by atoms with Gasteiger partial charge in [-0.1, -0.05) is 66.7 Å². The summed E-state index contributed by atoms with van der Waals surface area (Å²) in [5.74, 6) is 0.927. The van der Waals surface area contributed by atoms with Gasteiger partial charge in [0.1, 0.15) is 0 Å². The fourth-order valence-corrected chi connectivity index (χ4v) is 3.85. The van der Waals surface area contributed by atoms with Crippen LogP contribution in [-0.2, 0) is 0 Å². The predicted molar refractivity (Wildman–Crippen MR) is 85.1 cm³/mol. The van der Waals surface area contributed by atoms with Gasteiger partial charge in [-0.3, -0.25) is 4.79 Å². The molecule has 0 spiro atoms. The van der Waals surface area contributed by atoms with Gasteiger partial charge in [0, 0.05) is 5.56 Å². The Morgan fingerprint density at radius 2 is 1.76 bits per heavy atom. The van der Waals surface area contributed by atoms with Crippen molar-refractivity contribution in [2.24, 2.45) is 11.3 Å². The summed E-state index contributed by atoms with van der Waals surface area (Å²) < 4.78 is 0. The first-order valence-electron chi connectivity index (χ1n) is 7.67. The fraction of sp³-hybridized carbons (Fsp3) is 0.250. The van der Waals surface area contributed by atoms with E-state index in [0.717, 1.165) is 36.0 Å². The van der Waals surface area contributed by atoms with Gasteiger partial charge in [-0.2, -0.15) is 0 Å². The minimum atomic E-state index is -0.227. The van der Waals surface area contributed by atoms with E-state index in [1.54, 1.807) is 0 Å². The van der Waals surface area contributed by atoms with E-state index in [1.165, 1.54) is 0 Å². The number of Topliss-reactive ketones (excluding diaryl/α,β-unsaturated/α-hetero) is 1. The molecule has 4 rings (SSSR count). The Labute approximate surface area is 125 Å². The number of carbonyl (C=O) groups excluding carboxylic acids is 1. The van der Waals surface area contributed by atoms with Crippen LogP contribution in [0.1, 0.15) is 29.6 Å². The summed E-state index contributed by atoms with van der Waals surface area (Å²) in [5, 5.41) is 0. The molecule has 1 saturated carbocycles. The molecule has 2 aliphatic rings. The van der Waals surface area contributed by atoms with Crippen LogP contribution in [0.2, 0.25) is 0 Å². The van der Waals surface area contributed by atoms with E-state index in [9.17, 15) is 4.79 Å². The first-order valence-corrected chi connectivity index (χ1v) is 7.67. The van der Waals surface area contributed by atoms with Crippen molar-refractivity contribution >= 4 is 5.78 Å². The zero-order valence-electron chi connectivity index (χ0n) is 12.0. The van der Waals surface area contributed by atoms with Crippen molar-refractivity contribution in [3.05, 3.63) is 72.3 Å². The maximum absolute atomic E-state index is 13.2. The highest BCUT2D eigenvalue weighted by Gasteiger charge is 2.46. The maximum atomic E-state index is 13.2. The molecule has 0 saturated heterocycles. The van der Waals surface area contributed by atoms with Crippen LogP contribution in [0.3, 0.4) is 0 Å². The minimum absolute atomic E-state index is 0.227. The second-order valence-electron chi connectivity index (χ2n) is 6.26. The van der Waals surface area contributed by atoms with Gasteiger partial charge >= 0.3 is 0 Å². The molecule has 0 N–H and O–H groups in total. The van der Waals surface area contributed by atoms with Gasteiger partial charge in [-0.05, 0) is 36.3 Å². The van der Waals surface area contributed by atoms with E-state index in [0.29, 0.717) is 11.7 Å². The first kappa shape index (κ1) is 12.6. The molecule has 2 aromatic rings. The Kier molecular flexibility index (Phi) is 2.81. The lowest BCUT2D eigenvalue weighted by molar-refractivity contribution is 0.0861. The van der Waals surface area contributed by atoms with Crippen molar-refractivity contribution in [1.82, 2.24) is 0 Å². The van der Waals surface area contributed by atoms with Crippen molar-refractivity contribution < 1.29 is 4.79 Å². The van der Waals surface area contributed by atoms with Crippen molar-refractivity contribution in [3.8, 4) is 11.1 Å².